The maximum atomic E-state index is 13.0. The van der Waals surface area contributed by atoms with Gasteiger partial charge in [-0.2, -0.15) is 13.2 Å². The second-order valence-electron chi connectivity index (χ2n) is 10.5. The van der Waals surface area contributed by atoms with Crippen LogP contribution >= 0.6 is 0 Å². The van der Waals surface area contributed by atoms with Gasteiger partial charge in [0.05, 0.1) is 31.2 Å². The Kier molecular flexibility index (Phi) is 8.83. The molecule has 3 aliphatic rings. The van der Waals surface area contributed by atoms with Gasteiger partial charge in [-0.15, -0.1) is 0 Å². The summed E-state index contributed by atoms with van der Waals surface area (Å²) in [7, 11) is 4.18. The molecule has 9 heteroatoms. The molecule has 0 spiro atoms. The fraction of sp³-hybridized carbons (Fsp3) is 0.692. The van der Waals surface area contributed by atoms with Crippen LogP contribution in [-0.4, -0.2) is 87.4 Å². The lowest BCUT2D eigenvalue weighted by molar-refractivity contribution is -0.918. The van der Waals surface area contributed by atoms with Crippen molar-refractivity contribution in [3.63, 3.8) is 0 Å². The van der Waals surface area contributed by atoms with E-state index in [-0.39, 0.29) is 0 Å². The van der Waals surface area contributed by atoms with E-state index < -0.39 is 11.7 Å². The largest absolute Gasteiger partial charge is 0.416 e. The lowest BCUT2D eigenvalue weighted by Gasteiger charge is -2.37. The van der Waals surface area contributed by atoms with Gasteiger partial charge in [-0.05, 0) is 52.0 Å². The molecule has 1 aromatic rings. The molecule has 2 heterocycles. The molecule has 0 radical (unpaired) electrons. The number of benzene rings is 1. The van der Waals surface area contributed by atoms with Crippen molar-refractivity contribution < 1.29 is 18.1 Å². The molecule has 2 N–H and O–H groups in total. The Morgan fingerprint density at radius 3 is 2.69 bits per heavy atom. The lowest BCUT2D eigenvalue weighted by atomic mass is 9.83. The Hall–Kier alpha value is -1.97. The molecule has 2 unspecified atom stereocenters. The first kappa shape index (κ1) is 26.1. The summed E-state index contributed by atoms with van der Waals surface area (Å²) >= 11 is 0. The molecule has 0 aromatic heterocycles. The molecule has 1 saturated heterocycles. The highest BCUT2D eigenvalue weighted by Gasteiger charge is 2.34. The van der Waals surface area contributed by atoms with Gasteiger partial charge in [0.15, 0.2) is 0 Å². The summed E-state index contributed by atoms with van der Waals surface area (Å²) in [6, 6.07) is 6.10. The van der Waals surface area contributed by atoms with Crippen molar-refractivity contribution >= 4 is 11.7 Å². The van der Waals surface area contributed by atoms with E-state index in [1.54, 1.807) is 6.07 Å². The molecular weight excluding hydrogens is 453 g/mol. The molecule has 4 rings (SSSR count). The summed E-state index contributed by atoms with van der Waals surface area (Å²) in [5.74, 6) is 2.59. The Morgan fingerprint density at radius 2 is 1.94 bits per heavy atom. The van der Waals surface area contributed by atoms with E-state index in [2.05, 4.69) is 29.2 Å². The summed E-state index contributed by atoms with van der Waals surface area (Å²) < 4.78 is 39.1. The number of rotatable bonds is 8. The minimum absolute atomic E-state index is 0.348. The van der Waals surface area contributed by atoms with Gasteiger partial charge >= 0.3 is 6.18 Å². The molecule has 194 valence electrons. The SMILES string of the molecule is CN(C)CCCN=C1NC(CN2CC[NH+](Cc3cccc(C(F)(F)F)c3)CC2)=NC2CCCCC12. The van der Waals surface area contributed by atoms with E-state index >= 15 is 0 Å². The highest BCUT2D eigenvalue weighted by molar-refractivity contribution is 6.04. The van der Waals surface area contributed by atoms with Crippen molar-refractivity contribution in [2.75, 3.05) is 59.9 Å². The third-order valence-corrected chi connectivity index (χ3v) is 7.37. The van der Waals surface area contributed by atoms with Crippen molar-refractivity contribution in [2.45, 2.75) is 50.9 Å². The van der Waals surface area contributed by atoms with Gasteiger partial charge in [-0.25, -0.2) is 0 Å². The normalized spacial score (nSPS) is 25.4. The Labute approximate surface area is 207 Å². The number of fused-ring (bicyclic) bond motifs is 1. The number of aliphatic imine (C=N–C) groups is 2. The highest BCUT2D eigenvalue weighted by atomic mass is 19.4. The summed E-state index contributed by atoms with van der Waals surface area (Å²) in [6.45, 7) is 6.97. The highest BCUT2D eigenvalue weighted by Crippen LogP contribution is 2.30. The maximum Gasteiger partial charge on any atom is 0.416 e. The lowest BCUT2D eigenvalue weighted by Crippen LogP contribution is -3.13. The minimum atomic E-state index is -4.29. The van der Waals surface area contributed by atoms with Crippen LogP contribution in [0.25, 0.3) is 0 Å². The quantitative estimate of drug-likeness (QED) is 0.547. The number of hydrogen-bond donors (Lipinski definition) is 2. The molecule has 1 saturated carbocycles. The molecule has 0 bridgehead atoms. The van der Waals surface area contributed by atoms with Gasteiger partial charge in [-0.1, -0.05) is 25.0 Å². The Morgan fingerprint density at radius 1 is 1.17 bits per heavy atom. The standard InChI is InChI=1S/C26H39F3N6/c1-33(2)12-6-11-30-25-22-9-3-4-10-23(22)31-24(32-25)19-35-15-13-34(14-16-35)18-20-7-5-8-21(17-20)26(27,28)29/h5,7-8,17,22-23H,3-4,6,9-16,18-19H2,1-2H3,(H,30,31,32)/p+1. The fourth-order valence-corrected chi connectivity index (χ4v) is 5.44. The van der Waals surface area contributed by atoms with E-state index in [0.717, 1.165) is 82.0 Å². The third kappa shape index (κ3) is 7.51. The number of halogens is 3. The second kappa shape index (κ2) is 11.8. The summed E-state index contributed by atoms with van der Waals surface area (Å²) in [4.78, 5) is 16.0. The topological polar surface area (TPSA) is 47.7 Å². The van der Waals surface area contributed by atoms with Gasteiger partial charge in [0.2, 0.25) is 0 Å². The van der Waals surface area contributed by atoms with Crippen LogP contribution in [0.4, 0.5) is 13.2 Å². The summed E-state index contributed by atoms with van der Waals surface area (Å²) in [6.07, 6.45) is 1.56. The molecule has 0 amide bonds. The predicted molar refractivity (Wildman–Crippen MR) is 134 cm³/mol. The van der Waals surface area contributed by atoms with Crippen molar-refractivity contribution in [3.8, 4) is 0 Å². The van der Waals surface area contributed by atoms with E-state index in [1.807, 2.05) is 0 Å². The van der Waals surface area contributed by atoms with Crippen LogP contribution in [0.3, 0.4) is 0 Å². The number of amidine groups is 2. The van der Waals surface area contributed by atoms with Gasteiger partial charge < -0.3 is 15.1 Å². The van der Waals surface area contributed by atoms with Crippen LogP contribution in [0.5, 0.6) is 0 Å². The van der Waals surface area contributed by atoms with Crippen molar-refractivity contribution in [3.05, 3.63) is 35.4 Å². The van der Waals surface area contributed by atoms with Crippen molar-refractivity contribution in [2.24, 2.45) is 15.9 Å². The van der Waals surface area contributed by atoms with Crippen LogP contribution < -0.4 is 10.2 Å². The Bertz CT molecular complexity index is 889. The van der Waals surface area contributed by atoms with Crippen LogP contribution in [0.15, 0.2) is 34.3 Å². The maximum absolute atomic E-state index is 13.0. The van der Waals surface area contributed by atoms with Crippen LogP contribution in [-0.2, 0) is 12.7 Å². The average Bonchev–Trinajstić information content (AvgIpc) is 2.82. The minimum Gasteiger partial charge on any atom is -0.331 e. The molecule has 2 atom stereocenters. The number of quaternary nitrogens is 1. The third-order valence-electron chi connectivity index (χ3n) is 7.37. The number of piperazine rings is 1. The van der Waals surface area contributed by atoms with Gasteiger partial charge in [-0.3, -0.25) is 14.9 Å². The number of nitrogens with zero attached hydrogens (tertiary/aromatic N) is 4. The Balaban J connectivity index is 1.30. The van der Waals surface area contributed by atoms with Crippen LogP contribution in [0.1, 0.15) is 43.2 Å². The summed E-state index contributed by atoms with van der Waals surface area (Å²) in [5.41, 5.74) is 0.190. The summed E-state index contributed by atoms with van der Waals surface area (Å²) in [5, 5.41) is 3.59. The van der Waals surface area contributed by atoms with E-state index in [1.165, 1.54) is 36.3 Å². The van der Waals surface area contributed by atoms with E-state index in [0.29, 0.717) is 18.5 Å². The van der Waals surface area contributed by atoms with Gasteiger partial charge in [0.25, 0.3) is 0 Å². The molecule has 1 aliphatic carbocycles. The number of hydrogen-bond acceptors (Lipinski definition) is 4. The van der Waals surface area contributed by atoms with Gasteiger partial charge in [0, 0.05) is 31.1 Å². The van der Waals surface area contributed by atoms with E-state index in [9.17, 15) is 13.2 Å². The molecule has 6 nitrogen and oxygen atoms in total. The first-order chi connectivity index (χ1) is 16.8. The van der Waals surface area contributed by atoms with Crippen molar-refractivity contribution in [1.29, 1.82) is 0 Å². The number of nitrogens with one attached hydrogen (secondary N) is 2. The molecule has 2 fully saturated rings. The molecule has 2 aliphatic heterocycles. The monoisotopic (exact) mass is 493 g/mol. The van der Waals surface area contributed by atoms with Gasteiger partial charge in [0.1, 0.15) is 18.2 Å². The van der Waals surface area contributed by atoms with Crippen LogP contribution in [0.2, 0.25) is 0 Å². The smallest absolute Gasteiger partial charge is 0.331 e. The van der Waals surface area contributed by atoms with Crippen LogP contribution in [0, 0.1) is 5.92 Å². The predicted octanol–water partition coefficient (Wildman–Crippen LogP) is 2.32. The van der Waals surface area contributed by atoms with Crippen molar-refractivity contribution in [1.82, 2.24) is 15.1 Å². The molecular formula is C26H40F3N6+. The average molecular weight is 494 g/mol. The number of alkyl halides is 3. The zero-order valence-electron chi connectivity index (χ0n) is 21.1. The zero-order valence-corrected chi connectivity index (χ0v) is 21.1. The zero-order chi connectivity index (χ0) is 24.8. The van der Waals surface area contributed by atoms with E-state index in [4.69, 9.17) is 9.98 Å². The first-order valence-electron chi connectivity index (χ1n) is 13.0. The first-order valence-corrected chi connectivity index (χ1v) is 13.0. The fourth-order valence-electron chi connectivity index (χ4n) is 5.44. The molecule has 35 heavy (non-hydrogen) atoms. The molecule has 1 aromatic carbocycles. The second-order valence-corrected chi connectivity index (χ2v) is 10.5.